The molecule has 150 valence electrons. The monoisotopic (exact) mass is 384 g/mol. The molecular formula is C22H28N2O4. The van der Waals surface area contributed by atoms with E-state index >= 15 is 0 Å². The Balaban J connectivity index is 2.40. The quantitative estimate of drug-likeness (QED) is 0.724. The first-order chi connectivity index (χ1) is 13.3. The summed E-state index contributed by atoms with van der Waals surface area (Å²) in [6.45, 7) is 10.0. The van der Waals surface area contributed by atoms with Crippen molar-refractivity contribution in [3.63, 3.8) is 0 Å². The van der Waals surface area contributed by atoms with Gasteiger partial charge in [-0.3, -0.25) is 9.59 Å². The van der Waals surface area contributed by atoms with E-state index in [1.165, 1.54) is 0 Å². The Morgan fingerprint density at radius 1 is 0.857 bits per heavy atom. The average Bonchev–Trinajstić information content (AvgIpc) is 2.65. The van der Waals surface area contributed by atoms with Gasteiger partial charge in [-0.05, 0) is 26.0 Å². The van der Waals surface area contributed by atoms with Crippen LogP contribution in [0.4, 0.5) is 11.4 Å². The van der Waals surface area contributed by atoms with Crippen LogP contribution < -0.4 is 20.1 Å². The fourth-order valence-corrected chi connectivity index (χ4v) is 2.40. The Kier molecular flexibility index (Phi) is 7.04. The van der Waals surface area contributed by atoms with Gasteiger partial charge in [0.15, 0.2) is 0 Å². The summed E-state index contributed by atoms with van der Waals surface area (Å²) in [5.41, 5.74) is 0.957. The van der Waals surface area contributed by atoms with E-state index in [1.807, 2.05) is 40.7 Å². The zero-order valence-corrected chi connectivity index (χ0v) is 17.1. The van der Waals surface area contributed by atoms with Crippen molar-refractivity contribution in [3.05, 3.63) is 48.0 Å². The van der Waals surface area contributed by atoms with Gasteiger partial charge in [0.2, 0.25) is 5.91 Å². The Bertz CT molecular complexity index is 826. The molecule has 0 bridgehead atoms. The molecule has 0 aliphatic carbocycles. The molecule has 0 radical (unpaired) electrons. The molecule has 0 saturated carbocycles. The van der Waals surface area contributed by atoms with Gasteiger partial charge >= 0.3 is 0 Å². The number of carbonyl (C=O) groups excluding carboxylic acids is 2. The highest BCUT2D eigenvalue weighted by atomic mass is 16.5. The molecule has 0 unspecified atom stereocenters. The van der Waals surface area contributed by atoms with Crippen LogP contribution in [0.25, 0.3) is 0 Å². The van der Waals surface area contributed by atoms with Crippen molar-refractivity contribution in [2.45, 2.75) is 34.6 Å². The summed E-state index contributed by atoms with van der Waals surface area (Å²) in [6.07, 6.45) is 0. The molecule has 0 atom stereocenters. The summed E-state index contributed by atoms with van der Waals surface area (Å²) in [4.78, 5) is 25.0. The van der Waals surface area contributed by atoms with E-state index in [1.54, 1.807) is 36.4 Å². The average molecular weight is 384 g/mol. The van der Waals surface area contributed by atoms with Crippen LogP contribution in [0.5, 0.6) is 11.5 Å². The van der Waals surface area contributed by atoms with Crippen LogP contribution in [0.15, 0.2) is 42.5 Å². The van der Waals surface area contributed by atoms with E-state index in [0.29, 0.717) is 41.7 Å². The molecule has 2 aromatic carbocycles. The van der Waals surface area contributed by atoms with Crippen molar-refractivity contribution in [2.75, 3.05) is 23.8 Å². The zero-order valence-electron chi connectivity index (χ0n) is 17.1. The van der Waals surface area contributed by atoms with Gasteiger partial charge < -0.3 is 20.1 Å². The van der Waals surface area contributed by atoms with Gasteiger partial charge in [-0.2, -0.15) is 0 Å². The third kappa shape index (κ3) is 5.49. The molecule has 6 nitrogen and oxygen atoms in total. The van der Waals surface area contributed by atoms with E-state index in [4.69, 9.17) is 9.47 Å². The largest absolute Gasteiger partial charge is 0.492 e. The van der Waals surface area contributed by atoms with E-state index in [-0.39, 0.29) is 11.8 Å². The maximum Gasteiger partial charge on any atom is 0.255 e. The van der Waals surface area contributed by atoms with Crippen molar-refractivity contribution in [3.8, 4) is 11.5 Å². The van der Waals surface area contributed by atoms with Crippen molar-refractivity contribution < 1.29 is 19.1 Å². The molecule has 0 heterocycles. The van der Waals surface area contributed by atoms with Gasteiger partial charge in [-0.15, -0.1) is 0 Å². The molecule has 0 aliphatic rings. The van der Waals surface area contributed by atoms with Crippen LogP contribution >= 0.6 is 0 Å². The summed E-state index contributed by atoms with van der Waals surface area (Å²) < 4.78 is 11.4. The fourth-order valence-electron chi connectivity index (χ4n) is 2.40. The number of hydrogen-bond acceptors (Lipinski definition) is 4. The maximum atomic E-state index is 12.6. The van der Waals surface area contributed by atoms with Gasteiger partial charge in [0, 0.05) is 23.1 Å². The molecule has 2 rings (SSSR count). The summed E-state index contributed by atoms with van der Waals surface area (Å²) in [6, 6.07) is 12.3. The van der Waals surface area contributed by atoms with Crippen LogP contribution in [0.1, 0.15) is 45.0 Å². The molecule has 0 aromatic heterocycles. The maximum absolute atomic E-state index is 12.6. The minimum absolute atomic E-state index is 0.142. The summed E-state index contributed by atoms with van der Waals surface area (Å²) in [7, 11) is 0. The smallest absolute Gasteiger partial charge is 0.255 e. The topological polar surface area (TPSA) is 76.7 Å². The zero-order chi connectivity index (χ0) is 20.7. The van der Waals surface area contributed by atoms with Crippen LogP contribution in [0, 0.1) is 5.41 Å². The lowest BCUT2D eigenvalue weighted by Gasteiger charge is -2.21. The summed E-state index contributed by atoms with van der Waals surface area (Å²) >= 11 is 0. The van der Waals surface area contributed by atoms with Crippen molar-refractivity contribution in [1.82, 2.24) is 0 Å². The number of carbonyl (C=O) groups is 2. The molecule has 0 aliphatic heterocycles. The molecule has 2 amide bonds. The van der Waals surface area contributed by atoms with Crippen molar-refractivity contribution >= 4 is 23.2 Å². The van der Waals surface area contributed by atoms with Crippen molar-refractivity contribution in [2.24, 2.45) is 5.41 Å². The molecular weight excluding hydrogens is 356 g/mol. The second kappa shape index (κ2) is 9.26. The van der Waals surface area contributed by atoms with Gasteiger partial charge in [0.05, 0.1) is 24.6 Å². The van der Waals surface area contributed by atoms with E-state index < -0.39 is 5.41 Å². The Morgan fingerprint density at radius 3 is 1.82 bits per heavy atom. The Hall–Kier alpha value is -3.02. The third-order valence-electron chi connectivity index (χ3n) is 3.90. The molecule has 2 N–H and O–H groups in total. The van der Waals surface area contributed by atoms with Gasteiger partial charge in [-0.25, -0.2) is 0 Å². The molecule has 0 spiro atoms. The number of amides is 2. The first-order valence-electron chi connectivity index (χ1n) is 9.37. The predicted molar refractivity (Wildman–Crippen MR) is 111 cm³/mol. The normalized spacial score (nSPS) is 10.9. The lowest BCUT2D eigenvalue weighted by Crippen LogP contribution is -2.28. The number of anilines is 2. The van der Waals surface area contributed by atoms with Crippen molar-refractivity contribution in [1.29, 1.82) is 0 Å². The fraction of sp³-hybridized carbons (Fsp3) is 0.364. The van der Waals surface area contributed by atoms with E-state index in [2.05, 4.69) is 10.6 Å². The molecule has 2 aromatic rings. The van der Waals surface area contributed by atoms with Crippen LogP contribution in [0.2, 0.25) is 0 Å². The Labute approximate surface area is 166 Å². The standard InChI is InChI=1S/C22H28N2O4/c1-6-27-18-14-17(24-21(26)22(3,4)5)19(28-7-2)13-16(18)23-20(25)15-11-9-8-10-12-15/h8-14H,6-7H2,1-5H3,(H,23,25)(H,24,26). The third-order valence-corrected chi connectivity index (χ3v) is 3.90. The number of rotatable bonds is 7. The molecule has 0 fully saturated rings. The van der Waals surface area contributed by atoms with Crippen LogP contribution in [-0.2, 0) is 4.79 Å². The minimum Gasteiger partial charge on any atom is -0.492 e. The number of nitrogens with one attached hydrogen (secondary N) is 2. The van der Waals surface area contributed by atoms with Gasteiger partial charge in [0.25, 0.3) is 5.91 Å². The first kappa shape index (κ1) is 21.3. The van der Waals surface area contributed by atoms with E-state index in [9.17, 15) is 9.59 Å². The molecule has 6 heteroatoms. The number of benzene rings is 2. The lowest BCUT2D eigenvalue weighted by molar-refractivity contribution is -0.123. The highest BCUT2D eigenvalue weighted by Gasteiger charge is 2.24. The number of hydrogen-bond donors (Lipinski definition) is 2. The van der Waals surface area contributed by atoms with Crippen LogP contribution in [0.3, 0.4) is 0 Å². The summed E-state index contributed by atoms with van der Waals surface area (Å²) in [5, 5.41) is 5.75. The highest BCUT2D eigenvalue weighted by molar-refractivity contribution is 6.05. The minimum atomic E-state index is -0.560. The second-order valence-corrected chi connectivity index (χ2v) is 7.23. The molecule has 0 saturated heterocycles. The van der Waals surface area contributed by atoms with Gasteiger partial charge in [0.1, 0.15) is 11.5 Å². The predicted octanol–water partition coefficient (Wildman–Crippen LogP) is 4.72. The summed E-state index contributed by atoms with van der Waals surface area (Å²) in [5.74, 6) is 0.527. The van der Waals surface area contributed by atoms with Crippen LogP contribution in [-0.4, -0.2) is 25.0 Å². The Morgan fingerprint density at radius 2 is 1.36 bits per heavy atom. The van der Waals surface area contributed by atoms with Gasteiger partial charge in [-0.1, -0.05) is 39.0 Å². The molecule has 28 heavy (non-hydrogen) atoms. The SMILES string of the molecule is CCOc1cc(NC(=O)C(C)(C)C)c(OCC)cc1NC(=O)c1ccccc1. The lowest BCUT2D eigenvalue weighted by atomic mass is 9.95. The number of ether oxygens (including phenoxy) is 2. The van der Waals surface area contributed by atoms with E-state index in [0.717, 1.165) is 0 Å². The highest BCUT2D eigenvalue weighted by Crippen LogP contribution is 2.38. The second-order valence-electron chi connectivity index (χ2n) is 7.23. The first-order valence-corrected chi connectivity index (χ1v) is 9.37.